The molecule has 1 aromatic heterocycles. The molecule has 110 valence electrons. The van der Waals surface area contributed by atoms with E-state index in [4.69, 9.17) is 4.18 Å². The first-order valence-electron chi connectivity index (χ1n) is 5.97. The molecule has 0 saturated heterocycles. The number of aryl methyl sites for hydroxylation is 1. The first-order chi connectivity index (χ1) is 9.92. The van der Waals surface area contributed by atoms with Crippen molar-refractivity contribution in [3.8, 4) is 5.75 Å². The van der Waals surface area contributed by atoms with Crippen molar-refractivity contribution < 1.29 is 22.1 Å². The van der Waals surface area contributed by atoms with E-state index in [-0.39, 0.29) is 16.2 Å². The highest BCUT2D eigenvalue weighted by Crippen LogP contribution is 2.19. The van der Waals surface area contributed by atoms with Crippen LogP contribution in [0.1, 0.15) is 15.9 Å². The molecule has 0 aliphatic carbocycles. The van der Waals surface area contributed by atoms with Gasteiger partial charge in [-0.25, -0.2) is 4.79 Å². The Labute approximate surface area is 122 Å². The van der Waals surface area contributed by atoms with E-state index in [9.17, 15) is 13.2 Å². The van der Waals surface area contributed by atoms with Crippen LogP contribution < -0.4 is 4.18 Å². The van der Waals surface area contributed by atoms with Gasteiger partial charge in [-0.2, -0.15) is 8.42 Å². The van der Waals surface area contributed by atoms with Crippen LogP contribution in [0.15, 0.2) is 47.6 Å². The van der Waals surface area contributed by atoms with Crippen molar-refractivity contribution in [2.45, 2.75) is 11.8 Å². The van der Waals surface area contributed by atoms with Gasteiger partial charge in [-0.3, -0.25) is 4.98 Å². The Balaban J connectivity index is 2.28. The van der Waals surface area contributed by atoms with Crippen molar-refractivity contribution >= 4 is 16.1 Å². The number of pyridine rings is 1. The Kier molecular flexibility index (Phi) is 4.23. The molecule has 0 aliphatic rings. The second-order valence-electron chi connectivity index (χ2n) is 4.25. The van der Waals surface area contributed by atoms with Crippen LogP contribution in [0.2, 0.25) is 0 Å². The average Bonchev–Trinajstić information content (AvgIpc) is 2.46. The standard InChI is InChI=1S/C14H13NO5S/c1-10-3-5-13(6-4-10)21(17,18)20-12-7-11(8-15-9-12)14(16)19-2/h3-9H,1-2H3. The lowest BCUT2D eigenvalue weighted by Crippen LogP contribution is -2.11. The van der Waals surface area contributed by atoms with Gasteiger partial charge in [0.15, 0.2) is 5.75 Å². The minimum Gasteiger partial charge on any atom is -0.465 e. The number of methoxy groups -OCH3 is 1. The molecule has 0 radical (unpaired) electrons. The predicted molar refractivity (Wildman–Crippen MR) is 74.6 cm³/mol. The number of aromatic nitrogens is 1. The van der Waals surface area contributed by atoms with Crippen LogP contribution in [0.4, 0.5) is 0 Å². The van der Waals surface area contributed by atoms with Gasteiger partial charge in [0.25, 0.3) is 0 Å². The van der Waals surface area contributed by atoms with Crippen molar-refractivity contribution in [1.29, 1.82) is 0 Å². The number of hydrogen-bond acceptors (Lipinski definition) is 6. The van der Waals surface area contributed by atoms with Gasteiger partial charge in [0, 0.05) is 6.20 Å². The lowest BCUT2D eigenvalue weighted by atomic mass is 10.2. The van der Waals surface area contributed by atoms with Crippen molar-refractivity contribution in [1.82, 2.24) is 4.98 Å². The van der Waals surface area contributed by atoms with Crippen LogP contribution in [-0.2, 0) is 14.9 Å². The van der Waals surface area contributed by atoms with Gasteiger partial charge in [0.1, 0.15) is 4.90 Å². The second kappa shape index (κ2) is 5.92. The zero-order valence-corrected chi connectivity index (χ0v) is 12.3. The average molecular weight is 307 g/mol. The summed E-state index contributed by atoms with van der Waals surface area (Å²) in [6, 6.07) is 7.48. The predicted octanol–water partition coefficient (Wildman–Crippen LogP) is 1.94. The van der Waals surface area contributed by atoms with Gasteiger partial charge >= 0.3 is 16.1 Å². The topological polar surface area (TPSA) is 82.6 Å². The lowest BCUT2D eigenvalue weighted by molar-refractivity contribution is 0.0600. The molecule has 0 spiro atoms. The number of rotatable bonds is 4. The number of carbonyl (C=O) groups is 1. The fraction of sp³-hybridized carbons (Fsp3) is 0.143. The summed E-state index contributed by atoms with van der Waals surface area (Å²) in [5.74, 6) is -0.681. The molecular formula is C14H13NO5S. The third-order valence-corrected chi connectivity index (χ3v) is 3.91. The van der Waals surface area contributed by atoms with E-state index in [0.717, 1.165) is 5.56 Å². The molecule has 6 nitrogen and oxygen atoms in total. The monoisotopic (exact) mass is 307 g/mol. The minimum atomic E-state index is -3.97. The van der Waals surface area contributed by atoms with E-state index < -0.39 is 16.1 Å². The highest BCUT2D eigenvalue weighted by molar-refractivity contribution is 7.87. The number of hydrogen-bond donors (Lipinski definition) is 0. The van der Waals surface area contributed by atoms with E-state index in [1.807, 2.05) is 6.92 Å². The summed E-state index contributed by atoms with van der Waals surface area (Å²) < 4.78 is 33.7. The summed E-state index contributed by atoms with van der Waals surface area (Å²) in [6.07, 6.45) is 2.47. The SMILES string of the molecule is COC(=O)c1cncc(OS(=O)(=O)c2ccc(C)cc2)c1. The van der Waals surface area contributed by atoms with E-state index >= 15 is 0 Å². The molecule has 0 unspecified atom stereocenters. The first-order valence-corrected chi connectivity index (χ1v) is 7.38. The summed E-state index contributed by atoms with van der Waals surface area (Å²) in [7, 11) is -2.75. The van der Waals surface area contributed by atoms with Gasteiger partial charge in [-0.05, 0) is 25.1 Å². The summed E-state index contributed by atoms with van der Waals surface area (Å²) >= 11 is 0. The fourth-order valence-electron chi connectivity index (χ4n) is 1.57. The molecule has 7 heteroatoms. The van der Waals surface area contributed by atoms with Gasteiger partial charge in [0.05, 0.1) is 18.9 Å². The van der Waals surface area contributed by atoms with Crippen LogP contribution in [0.5, 0.6) is 5.75 Å². The maximum Gasteiger partial charge on any atom is 0.339 e. The molecule has 2 aromatic rings. The zero-order chi connectivity index (χ0) is 15.5. The Bertz CT molecular complexity index is 753. The lowest BCUT2D eigenvalue weighted by Gasteiger charge is -2.07. The van der Waals surface area contributed by atoms with Crippen LogP contribution in [0.3, 0.4) is 0 Å². The molecule has 0 bridgehead atoms. The maximum absolute atomic E-state index is 12.1. The molecule has 0 amide bonds. The number of benzene rings is 1. The Morgan fingerprint density at radius 1 is 1.14 bits per heavy atom. The van der Waals surface area contributed by atoms with Crippen LogP contribution >= 0.6 is 0 Å². The number of esters is 1. The smallest absolute Gasteiger partial charge is 0.339 e. The molecule has 1 heterocycles. The summed E-state index contributed by atoms with van der Waals surface area (Å²) in [6.45, 7) is 1.85. The molecule has 0 atom stereocenters. The van der Waals surface area contributed by atoms with Gasteiger partial charge < -0.3 is 8.92 Å². The van der Waals surface area contributed by atoms with Gasteiger partial charge in [0.2, 0.25) is 0 Å². The van der Waals surface area contributed by atoms with Crippen molar-refractivity contribution in [3.05, 3.63) is 53.9 Å². The Hall–Kier alpha value is -2.41. The number of ether oxygens (including phenoxy) is 1. The van der Waals surface area contributed by atoms with Crippen LogP contribution in [0, 0.1) is 6.92 Å². The Morgan fingerprint density at radius 2 is 1.81 bits per heavy atom. The molecule has 0 N–H and O–H groups in total. The van der Waals surface area contributed by atoms with Crippen LogP contribution in [0.25, 0.3) is 0 Å². The van der Waals surface area contributed by atoms with E-state index in [0.29, 0.717) is 0 Å². The quantitative estimate of drug-likeness (QED) is 0.634. The number of carbonyl (C=O) groups excluding carboxylic acids is 1. The molecule has 0 aliphatic heterocycles. The molecule has 2 rings (SSSR count). The van der Waals surface area contributed by atoms with E-state index in [1.54, 1.807) is 12.1 Å². The molecule has 21 heavy (non-hydrogen) atoms. The minimum absolute atomic E-state index is 0.0246. The van der Waals surface area contributed by atoms with Crippen molar-refractivity contribution in [2.75, 3.05) is 7.11 Å². The van der Waals surface area contributed by atoms with Crippen molar-refractivity contribution in [3.63, 3.8) is 0 Å². The summed E-state index contributed by atoms with van der Waals surface area (Å²) in [4.78, 5) is 15.2. The summed E-state index contributed by atoms with van der Waals surface area (Å²) in [5.41, 5.74) is 1.04. The second-order valence-corrected chi connectivity index (χ2v) is 5.80. The normalized spacial score (nSPS) is 11.0. The third-order valence-electron chi connectivity index (χ3n) is 2.65. The fourth-order valence-corrected chi connectivity index (χ4v) is 2.48. The van der Waals surface area contributed by atoms with Gasteiger partial charge in [-0.15, -0.1) is 0 Å². The van der Waals surface area contributed by atoms with Gasteiger partial charge in [-0.1, -0.05) is 17.7 Å². The van der Waals surface area contributed by atoms with Crippen molar-refractivity contribution in [2.24, 2.45) is 0 Å². The van der Waals surface area contributed by atoms with E-state index in [2.05, 4.69) is 9.72 Å². The third kappa shape index (κ3) is 3.57. The largest absolute Gasteiger partial charge is 0.465 e. The highest BCUT2D eigenvalue weighted by Gasteiger charge is 2.17. The number of nitrogens with zero attached hydrogens (tertiary/aromatic N) is 1. The zero-order valence-electron chi connectivity index (χ0n) is 11.4. The molecule has 1 aromatic carbocycles. The molecular weight excluding hydrogens is 294 g/mol. The van der Waals surface area contributed by atoms with E-state index in [1.165, 1.54) is 37.7 Å². The molecule has 0 fully saturated rings. The first kappa shape index (κ1) is 15.0. The summed E-state index contributed by atoms with van der Waals surface area (Å²) in [5, 5.41) is 0. The maximum atomic E-state index is 12.1. The van der Waals surface area contributed by atoms with Crippen LogP contribution in [-0.4, -0.2) is 26.5 Å². The Morgan fingerprint density at radius 3 is 2.43 bits per heavy atom. The highest BCUT2D eigenvalue weighted by atomic mass is 32.2. The molecule has 0 saturated carbocycles.